The van der Waals surface area contributed by atoms with Gasteiger partial charge in [-0.2, -0.15) is 0 Å². The molecular formula is C19H29N3O2. The second-order valence-corrected chi connectivity index (χ2v) is 6.66. The zero-order valence-corrected chi connectivity index (χ0v) is 14.5. The second kappa shape index (κ2) is 8.49. The van der Waals surface area contributed by atoms with Crippen LogP contribution in [0.5, 0.6) is 0 Å². The van der Waals surface area contributed by atoms with Gasteiger partial charge in [0.1, 0.15) is 0 Å². The maximum atomic E-state index is 9.70. The molecule has 2 heterocycles. The number of hydrogen-bond acceptors (Lipinski definition) is 3. The molecule has 0 aliphatic carbocycles. The van der Waals surface area contributed by atoms with Crippen LogP contribution in [-0.4, -0.2) is 54.9 Å². The maximum Gasteiger partial charge on any atom is 0.193 e. The number of benzene rings is 1. The predicted octanol–water partition coefficient (Wildman–Crippen LogP) is 2.19. The van der Waals surface area contributed by atoms with Crippen molar-refractivity contribution in [1.29, 1.82) is 0 Å². The highest BCUT2D eigenvalue weighted by atomic mass is 16.5. The van der Waals surface area contributed by atoms with Gasteiger partial charge >= 0.3 is 0 Å². The molecule has 2 atom stereocenters. The van der Waals surface area contributed by atoms with Gasteiger partial charge in [-0.15, -0.1) is 0 Å². The van der Waals surface area contributed by atoms with Crippen molar-refractivity contribution in [1.82, 2.24) is 10.2 Å². The first-order valence-corrected chi connectivity index (χ1v) is 9.15. The van der Waals surface area contributed by atoms with Gasteiger partial charge in [-0.05, 0) is 31.7 Å². The Morgan fingerprint density at radius 2 is 2.00 bits per heavy atom. The van der Waals surface area contributed by atoms with Crippen LogP contribution in [0.15, 0.2) is 35.3 Å². The molecule has 0 aromatic heterocycles. The zero-order valence-electron chi connectivity index (χ0n) is 14.5. The van der Waals surface area contributed by atoms with E-state index in [1.807, 2.05) is 6.07 Å². The van der Waals surface area contributed by atoms with Gasteiger partial charge in [0.05, 0.1) is 12.2 Å². The van der Waals surface area contributed by atoms with Crippen molar-refractivity contribution in [3.63, 3.8) is 0 Å². The van der Waals surface area contributed by atoms with E-state index < -0.39 is 0 Å². The van der Waals surface area contributed by atoms with E-state index >= 15 is 0 Å². The highest BCUT2D eigenvalue weighted by molar-refractivity contribution is 5.80. The third kappa shape index (κ3) is 4.28. The molecule has 24 heavy (non-hydrogen) atoms. The Bertz CT molecular complexity index is 527. The summed E-state index contributed by atoms with van der Waals surface area (Å²) in [6.45, 7) is 6.29. The molecule has 1 aromatic carbocycles. The van der Waals surface area contributed by atoms with Gasteiger partial charge in [-0.25, -0.2) is 0 Å². The highest BCUT2D eigenvalue weighted by Crippen LogP contribution is 2.34. The van der Waals surface area contributed by atoms with Crippen molar-refractivity contribution in [2.75, 3.05) is 32.8 Å². The van der Waals surface area contributed by atoms with Crippen LogP contribution >= 0.6 is 0 Å². The van der Waals surface area contributed by atoms with E-state index in [0.717, 1.165) is 58.0 Å². The van der Waals surface area contributed by atoms with E-state index in [1.54, 1.807) is 0 Å². The van der Waals surface area contributed by atoms with Gasteiger partial charge in [0.2, 0.25) is 0 Å². The smallest absolute Gasteiger partial charge is 0.193 e. The van der Waals surface area contributed by atoms with Crippen LogP contribution in [0.3, 0.4) is 0 Å². The van der Waals surface area contributed by atoms with E-state index in [2.05, 4.69) is 41.4 Å². The van der Waals surface area contributed by atoms with Crippen LogP contribution in [0.25, 0.3) is 0 Å². The fourth-order valence-corrected chi connectivity index (χ4v) is 3.54. The molecule has 2 saturated heterocycles. The standard InChI is InChI=1S/C19H29N3O2/c1-2-20-19(22-11-8-17(23)9-12-22)21-14-16-10-13-24-18(16)15-6-4-3-5-7-15/h3-7,16-18,23H,2,8-14H2,1H3,(H,20,21). The number of ether oxygens (including phenoxy) is 1. The van der Waals surface area contributed by atoms with Crippen molar-refractivity contribution in [3.8, 4) is 0 Å². The molecule has 132 valence electrons. The van der Waals surface area contributed by atoms with Gasteiger partial charge in [0.15, 0.2) is 5.96 Å². The van der Waals surface area contributed by atoms with Crippen LogP contribution in [0, 0.1) is 5.92 Å². The maximum absolute atomic E-state index is 9.70. The molecule has 5 heteroatoms. The summed E-state index contributed by atoms with van der Waals surface area (Å²) in [5.74, 6) is 1.40. The number of aliphatic hydroxyl groups excluding tert-OH is 1. The summed E-state index contributed by atoms with van der Waals surface area (Å²) in [6.07, 6.45) is 2.70. The average molecular weight is 331 g/mol. The number of nitrogens with one attached hydrogen (secondary N) is 1. The van der Waals surface area contributed by atoms with Gasteiger partial charge in [-0.1, -0.05) is 30.3 Å². The molecule has 2 fully saturated rings. The normalized spacial score (nSPS) is 25.9. The molecule has 0 amide bonds. The molecule has 1 aromatic rings. The molecule has 0 radical (unpaired) electrons. The first-order chi connectivity index (χ1) is 11.8. The lowest BCUT2D eigenvalue weighted by atomic mass is 9.95. The number of piperidine rings is 1. The number of rotatable bonds is 4. The number of hydrogen-bond donors (Lipinski definition) is 2. The number of nitrogens with zero attached hydrogens (tertiary/aromatic N) is 2. The fourth-order valence-electron chi connectivity index (χ4n) is 3.54. The Balaban J connectivity index is 1.64. The SMILES string of the molecule is CCNC(=NCC1CCOC1c1ccccc1)N1CCC(O)CC1. The first-order valence-electron chi connectivity index (χ1n) is 9.15. The third-order valence-corrected chi connectivity index (χ3v) is 4.92. The summed E-state index contributed by atoms with van der Waals surface area (Å²) in [4.78, 5) is 7.16. The number of likely N-dealkylation sites (tertiary alicyclic amines) is 1. The van der Waals surface area contributed by atoms with Gasteiger partial charge in [0, 0.05) is 38.7 Å². The summed E-state index contributed by atoms with van der Waals surface area (Å²) in [5.41, 5.74) is 1.25. The third-order valence-electron chi connectivity index (χ3n) is 4.92. The summed E-state index contributed by atoms with van der Waals surface area (Å²) in [5, 5.41) is 13.1. The highest BCUT2D eigenvalue weighted by Gasteiger charge is 2.29. The Labute approximate surface area is 144 Å². The summed E-state index contributed by atoms with van der Waals surface area (Å²) in [6, 6.07) is 10.5. The summed E-state index contributed by atoms with van der Waals surface area (Å²) in [7, 11) is 0. The van der Waals surface area contributed by atoms with E-state index in [4.69, 9.17) is 9.73 Å². The van der Waals surface area contributed by atoms with E-state index in [-0.39, 0.29) is 12.2 Å². The molecule has 0 spiro atoms. The van der Waals surface area contributed by atoms with Crippen molar-refractivity contribution in [3.05, 3.63) is 35.9 Å². The molecular weight excluding hydrogens is 302 g/mol. The lowest BCUT2D eigenvalue weighted by Crippen LogP contribution is -2.46. The molecule has 2 unspecified atom stereocenters. The Hall–Kier alpha value is -1.59. The Morgan fingerprint density at radius 1 is 1.25 bits per heavy atom. The van der Waals surface area contributed by atoms with E-state index in [9.17, 15) is 5.11 Å². The molecule has 0 saturated carbocycles. The van der Waals surface area contributed by atoms with Crippen LogP contribution in [0.4, 0.5) is 0 Å². The monoisotopic (exact) mass is 331 g/mol. The van der Waals surface area contributed by atoms with Gasteiger partial charge in [-0.3, -0.25) is 4.99 Å². The average Bonchev–Trinajstić information content (AvgIpc) is 3.09. The lowest BCUT2D eigenvalue weighted by molar-refractivity contribution is 0.0922. The van der Waals surface area contributed by atoms with E-state index in [1.165, 1.54) is 5.56 Å². The number of aliphatic imine (C=N–C) groups is 1. The fraction of sp³-hybridized carbons (Fsp3) is 0.632. The van der Waals surface area contributed by atoms with Crippen LogP contribution in [0.2, 0.25) is 0 Å². The molecule has 2 N–H and O–H groups in total. The zero-order chi connectivity index (χ0) is 16.8. The first kappa shape index (κ1) is 17.2. The summed E-state index contributed by atoms with van der Waals surface area (Å²) >= 11 is 0. The van der Waals surface area contributed by atoms with Crippen LogP contribution in [-0.2, 0) is 4.74 Å². The minimum atomic E-state index is -0.158. The minimum Gasteiger partial charge on any atom is -0.393 e. The lowest BCUT2D eigenvalue weighted by Gasteiger charge is -2.32. The van der Waals surface area contributed by atoms with Gasteiger partial charge < -0.3 is 20.1 Å². The van der Waals surface area contributed by atoms with Crippen LogP contribution < -0.4 is 5.32 Å². The molecule has 3 rings (SSSR count). The van der Waals surface area contributed by atoms with Crippen LogP contribution in [0.1, 0.15) is 37.9 Å². The quantitative estimate of drug-likeness (QED) is 0.656. The Kier molecular flexibility index (Phi) is 6.10. The van der Waals surface area contributed by atoms with Crippen molar-refractivity contribution < 1.29 is 9.84 Å². The Morgan fingerprint density at radius 3 is 2.71 bits per heavy atom. The van der Waals surface area contributed by atoms with Crippen molar-refractivity contribution in [2.45, 2.75) is 38.4 Å². The number of aliphatic hydroxyl groups is 1. The minimum absolute atomic E-state index is 0.154. The largest absolute Gasteiger partial charge is 0.393 e. The topological polar surface area (TPSA) is 57.1 Å². The molecule has 2 aliphatic heterocycles. The number of guanidine groups is 1. The summed E-state index contributed by atoms with van der Waals surface area (Å²) < 4.78 is 5.97. The second-order valence-electron chi connectivity index (χ2n) is 6.66. The molecule has 0 bridgehead atoms. The molecule has 5 nitrogen and oxygen atoms in total. The van der Waals surface area contributed by atoms with Gasteiger partial charge in [0.25, 0.3) is 0 Å². The van der Waals surface area contributed by atoms with E-state index in [0.29, 0.717) is 5.92 Å². The molecule has 2 aliphatic rings. The van der Waals surface area contributed by atoms with Crippen molar-refractivity contribution in [2.24, 2.45) is 10.9 Å². The predicted molar refractivity (Wildman–Crippen MR) is 96.0 cm³/mol. The van der Waals surface area contributed by atoms with Crippen molar-refractivity contribution >= 4 is 5.96 Å².